The number of nitrogens with two attached hydrogens (primary N) is 1. The van der Waals surface area contributed by atoms with E-state index >= 15 is 0 Å². The van der Waals surface area contributed by atoms with E-state index in [0.29, 0.717) is 21.9 Å². The molecule has 0 unspecified atom stereocenters. The molecule has 34 heavy (non-hydrogen) atoms. The first-order chi connectivity index (χ1) is 16.6. The van der Waals surface area contributed by atoms with E-state index in [1.165, 1.54) is 11.3 Å². The monoisotopic (exact) mass is 466 g/mol. The number of benzene rings is 3. The molecular weight excluding hydrogens is 444 g/mol. The van der Waals surface area contributed by atoms with Crippen LogP contribution in [0.4, 0.5) is 5.69 Å². The van der Waals surface area contributed by atoms with Gasteiger partial charge in [0, 0.05) is 16.5 Å². The van der Waals surface area contributed by atoms with Crippen molar-refractivity contribution in [3.05, 3.63) is 95.4 Å². The smallest absolute Gasteiger partial charge is 0.205 e. The Labute approximate surface area is 201 Å². The Hall–Kier alpha value is -4.16. The van der Waals surface area contributed by atoms with Crippen molar-refractivity contribution in [2.24, 2.45) is 0 Å². The SMILES string of the molecule is COc1ccc(C(=O)c2sc3nc(-c4ccccc4)cc(-c4ccc(OC)cc4)c3c2N)cc1. The molecule has 2 heterocycles. The normalized spacial score (nSPS) is 10.9. The molecule has 3 aromatic carbocycles. The number of carbonyl (C=O) groups excluding carboxylic acids is 1. The van der Waals surface area contributed by atoms with Crippen LogP contribution in [0, 0.1) is 0 Å². The van der Waals surface area contributed by atoms with Gasteiger partial charge in [-0.05, 0) is 53.6 Å². The second-order valence-corrected chi connectivity index (χ2v) is 8.73. The molecule has 2 aromatic heterocycles. The number of nitrogens with zero attached hydrogens (tertiary/aromatic N) is 1. The third-order valence-electron chi connectivity index (χ3n) is 5.73. The van der Waals surface area contributed by atoms with Crippen LogP contribution in [-0.2, 0) is 0 Å². The van der Waals surface area contributed by atoms with E-state index < -0.39 is 0 Å². The van der Waals surface area contributed by atoms with Crippen LogP contribution < -0.4 is 15.2 Å². The van der Waals surface area contributed by atoms with Gasteiger partial charge in [0.25, 0.3) is 0 Å². The number of fused-ring (bicyclic) bond motifs is 1. The molecule has 6 heteroatoms. The van der Waals surface area contributed by atoms with Crippen LogP contribution in [0.15, 0.2) is 84.9 Å². The lowest BCUT2D eigenvalue weighted by Crippen LogP contribution is -2.02. The van der Waals surface area contributed by atoms with Gasteiger partial charge in [-0.3, -0.25) is 4.79 Å². The molecule has 5 rings (SSSR count). The third kappa shape index (κ3) is 3.89. The second kappa shape index (κ2) is 9.00. The summed E-state index contributed by atoms with van der Waals surface area (Å²) in [7, 11) is 3.23. The fraction of sp³-hybridized carbons (Fsp3) is 0.0714. The number of ether oxygens (including phenoxy) is 2. The first-order valence-corrected chi connectivity index (χ1v) is 11.5. The van der Waals surface area contributed by atoms with E-state index in [0.717, 1.165) is 38.4 Å². The Morgan fingerprint density at radius 3 is 2.06 bits per heavy atom. The van der Waals surface area contributed by atoms with Crippen molar-refractivity contribution in [1.29, 1.82) is 0 Å². The maximum absolute atomic E-state index is 13.4. The van der Waals surface area contributed by atoms with Crippen LogP contribution in [0.25, 0.3) is 32.6 Å². The van der Waals surface area contributed by atoms with Gasteiger partial charge in [-0.1, -0.05) is 42.5 Å². The number of aromatic nitrogens is 1. The lowest BCUT2D eigenvalue weighted by Gasteiger charge is -2.10. The van der Waals surface area contributed by atoms with Crippen LogP contribution in [0.1, 0.15) is 15.2 Å². The van der Waals surface area contributed by atoms with E-state index in [-0.39, 0.29) is 5.78 Å². The summed E-state index contributed by atoms with van der Waals surface area (Å²) < 4.78 is 10.5. The fourth-order valence-corrected chi connectivity index (χ4v) is 5.00. The summed E-state index contributed by atoms with van der Waals surface area (Å²) in [6, 6.07) is 26.9. The van der Waals surface area contributed by atoms with Gasteiger partial charge in [0.2, 0.25) is 5.78 Å². The number of hydrogen-bond donors (Lipinski definition) is 1. The number of nitrogen functional groups attached to an aromatic ring is 1. The maximum Gasteiger partial charge on any atom is 0.205 e. The van der Waals surface area contributed by atoms with Crippen molar-refractivity contribution in [3.8, 4) is 33.9 Å². The quantitative estimate of drug-likeness (QED) is 0.291. The highest BCUT2D eigenvalue weighted by molar-refractivity contribution is 7.21. The molecule has 0 fully saturated rings. The van der Waals surface area contributed by atoms with Crippen LogP contribution >= 0.6 is 11.3 Å². The van der Waals surface area contributed by atoms with Gasteiger partial charge < -0.3 is 15.2 Å². The van der Waals surface area contributed by atoms with Crippen molar-refractivity contribution in [3.63, 3.8) is 0 Å². The minimum Gasteiger partial charge on any atom is -0.497 e. The van der Waals surface area contributed by atoms with Crippen LogP contribution in [-0.4, -0.2) is 25.0 Å². The highest BCUT2D eigenvalue weighted by Gasteiger charge is 2.22. The third-order valence-corrected chi connectivity index (χ3v) is 6.83. The largest absolute Gasteiger partial charge is 0.497 e. The van der Waals surface area contributed by atoms with Gasteiger partial charge in [0.05, 0.1) is 25.6 Å². The van der Waals surface area contributed by atoms with E-state index in [4.69, 9.17) is 20.2 Å². The molecule has 5 aromatic rings. The van der Waals surface area contributed by atoms with E-state index in [9.17, 15) is 4.79 Å². The Morgan fingerprint density at radius 1 is 0.824 bits per heavy atom. The number of rotatable bonds is 6. The Bertz CT molecular complexity index is 1470. The zero-order valence-corrected chi connectivity index (χ0v) is 19.6. The zero-order chi connectivity index (χ0) is 23.7. The molecule has 0 aliphatic carbocycles. The predicted octanol–water partition coefficient (Wildman–Crippen LogP) is 6.46. The highest BCUT2D eigenvalue weighted by atomic mass is 32.1. The first-order valence-electron chi connectivity index (χ1n) is 10.7. The number of ketones is 1. The Balaban J connectivity index is 1.71. The van der Waals surface area contributed by atoms with Crippen molar-refractivity contribution in [1.82, 2.24) is 4.98 Å². The summed E-state index contributed by atoms with van der Waals surface area (Å²) in [6.07, 6.45) is 0. The van der Waals surface area contributed by atoms with E-state index in [2.05, 4.69) is 0 Å². The minimum atomic E-state index is -0.134. The molecule has 0 saturated carbocycles. The van der Waals surface area contributed by atoms with Gasteiger partial charge in [-0.15, -0.1) is 11.3 Å². The van der Waals surface area contributed by atoms with E-state index in [1.807, 2.05) is 60.7 Å². The predicted molar refractivity (Wildman–Crippen MR) is 138 cm³/mol. The molecule has 0 aliphatic heterocycles. The van der Waals surface area contributed by atoms with E-state index in [1.54, 1.807) is 38.5 Å². The number of hydrogen-bond acceptors (Lipinski definition) is 6. The second-order valence-electron chi connectivity index (χ2n) is 7.73. The fourth-order valence-electron chi connectivity index (χ4n) is 3.92. The number of thiophene rings is 1. The first kappa shape index (κ1) is 21.7. The molecule has 0 spiro atoms. The zero-order valence-electron chi connectivity index (χ0n) is 18.7. The van der Waals surface area contributed by atoms with Crippen molar-refractivity contribution >= 4 is 33.0 Å². The summed E-state index contributed by atoms with van der Waals surface area (Å²) in [5.41, 5.74) is 11.3. The lowest BCUT2D eigenvalue weighted by atomic mass is 9.98. The topological polar surface area (TPSA) is 74.4 Å². The Kier molecular flexibility index (Phi) is 5.74. The summed E-state index contributed by atoms with van der Waals surface area (Å²) in [6.45, 7) is 0. The molecule has 0 saturated heterocycles. The molecule has 0 amide bonds. The summed E-state index contributed by atoms with van der Waals surface area (Å²) in [5, 5.41) is 0.784. The van der Waals surface area contributed by atoms with Crippen molar-refractivity contribution in [2.75, 3.05) is 20.0 Å². The molecule has 0 aliphatic rings. The number of carbonyl (C=O) groups is 1. The van der Waals surface area contributed by atoms with Crippen LogP contribution in [0.5, 0.6) is 11.5 Å². The van der Waals surface area contributed by atoms with Gasteiger partial charge in [0.15, 0.2) is 0 Å². The average molecular weight is 467 g/mol. The van der Waals surface area contributed by atoms with Gasteiger partial charge in [0.1, 0.15) is 21.2 Å². The number of methoxy groups -OCH3 is 2. The summed E-state index contributed by atoms with van der Waals surface area (Å²) in [4.78, 5) is 19.5. The number of pyridine rings is 1. The molecule has 168 valence electrons. The lowest BCUT2D eigenvalue weighted by molar-refractivity contribution is 0.104. The highest BCUT2D eigenvalue weighted by Crippen LogP contribution is 2.42. The Morgan fingerprint density at radius 2 is 1.44 bits per heavy atom. The van der Waals surface area contributed by atoms with Crippen LogP contribution in [0.2, 0.25) is 0 Å². The molecule has 2 N–H and O–H groups in total. The summed E-state index contributed by atoms with van der Waals surface area (Å²) >= 11 is 1.32. The standard InChI is InChI=1S/C28H22N2O3S/c1-32-20-12-8-17(9-13-20)22-16-23(18-6-4-3-5-7-18)30-28-24(22)25(29)27(34-28)26(31)19-10-14-21(33-2)15-11-19/h3-16H,29H2,1-2H3. The van der Waals surface area contributed by atoms with Gasteiger partial charge >= 0.3 is 0 Å². The summed E-state index contributed by atoms with van der Waals surface area (Å²) in [5.74, 6) is 1.33. The molecule has 0 bridgehead atoms. The molecule has 0 atom stereocenters. The van der Waals surface area contributed by atoms with Crippen molar-refractivity contribution < 1.29 is 14.3 Å². The van der Waals surface area contributed by atoms with Gasteiger partial charge in [-0.2, -0.15) is 0 Å². The average Bonchev–Trinajstić information content (AvgIpc) is 3.24. The maximum atomic E-state index is 13.4. The van der Waals surface area contributed by atoms with Crippen molar-refractivity contribution in [2.45, 2.75) is 0 Å². The number of anilines is 1. The molecular formula is C28H22N2O3S. The minimum absolute atomic E-state index is 0.134. The van der Waals surface area contributed by atoms with Crippen LogP contribution in [0.3, 0.4) is 0 Å². The molecule has 5 nitrogen and oxygen atoms in total. The molecule has 0 radical (unpaired) electrons. The van der Waals surface area contributed by atoms with Gasteiger partial charge in [-0.25, -0.2) is 4.98 Å².